The first-order valence-corrected chi connectivity index (χ1v) is 12.3. The number of aryl methyl sites for hydroxylation is 2. The maximum absolute atomic E-state index is 15.2. The normalized spacial score (nSPS) is 11.6. The molecule has 0 saturated heterocycles. The van der Waals surface area contributed by atoms with Gasteiger partial charge in [-0.05, 0) is 31.5 Å². The molecule has 5 rings (SSSR count). The van der Waals surface area contributed by atoms with Crippen LogP contribution < -0.4 is 10.1 Å². The number of nitrogens with one attached hydrogen (secondary N) is 1. The molecule has 0 atom stereocenters. The van der Waals surface area contributed by atoms with Gasteiger partial charge in [0, 0.05) is 23.2 Å². The first-order chi connectivity index (χ1) is 18.8. The lowest BCUT2D eigenvalue weighted by atomic mass is 9.80. The van der Waals surface area contributed by atoms with Crippen LogP contribution in [0, 0.1) is 11.6 Å². The number of methoxy groups -OCH3 is 1. The number of ether oxygens (including phenoxy) is 1. The molecule has 2 N–H and O–H groups in total. The fourth-order valence-electron chi connectivity index (χ4n) is 4.68. The molecule has 0 saturated carbocycles. The van der Waals surface area contributed by atoms with Crippen molar-refractivity contribution in [2.24, 2.45) is 0 Å². The molecule has 0 unspecified atom stereocenters. The van der Waals surface area contributed by atoms with E-state index >= 15 is 8.78 Å². The van der Waals surface area contributed by atoms with Crippen molar-refractivity contribution in [1.29, 1.82) is 0 Å². The molecule has 1 amide bonds. The van der Waals surface area contributed by atoms with Gasteiger partial charge in [0.15, 0.2) is 5.60 Å². The molecule has 3 aromatic heterocycles. The molecule has 0 aliphatic carbocycles. The van der Waals surface area contributed by atoms with Crippen LogP contribution in [0.5, 0.6) is 5.75 Å². The number of fused-ring (bicyclic) bond motifs is 1. The minimum atomic E-state index is -2.28. The molecule has 9 nitrogen and oxygen atoms in total. The smallest absolute Gasteiger partial charge is 0.261 e. The summed E-state index contributed by atoms with van der Waals surface area (Å²) in [5, 5.41) is 23.7. The number of benzene rings is 2. The number of halogens is 2. The topological polar surface area (TPSA) is 107 Å². The number of hydrogen-bond donors (Lipinski definition) is 2. The largest absolute Gasteiger partial charge is 0.494 e. The Morgan fingerprint density at radius 3 is 2.23 bits per heavy atom. The van der Waals surface area contributed by atoms with Crippen LogP contribution in [0.2, 0.25) is 0 Å². The number of hydrogen-bond acceptors (Lipinski definition) is 6. The zero-order valence-corrected chi connectivity index (χ0v) is 21.5. The summed E-state index contributed by atoms with van der Waals surface area (Å²) in [6, 6.07) is 12.8. The number of amides is 1. The second-order valence-corrected chi connectivity index (χ2v) is 8.81. The minimum absolute atomic E-state index is 0.0307. The lowest BCUT2D eigenvalue weighted by Gasteiger charge is -2.29. The Kier molecular flexibility index (Phi) is 6.83. The number of anilines is 1. The molecule has 0 radical (unpaired) electrons. The average molecular weight is 533 g/mol. The van der Waals surface area contributed by atoms with Crippen molar-refractivity contribution < 1.29 is 23.4 Å². The summed E-state index contributed by atoms with van der Waals surface area (Å²) in [5.74, 6) is -1.65. The van der Waals surface area contributed by atoms with Gasteiger partial charge in [-0.2, -0.15) is 5.10 Å². The van der Waals surface area contributed by atoms with Gasteiger partial charge in [0.05, 0.1) is 24.4 Å². The zero-order chi connectivity index (χ0) is 27.7. The van der Waals surface area contributed by atoms with E-state index in [1.807, 2.05) is 13.8 Å². The van der Waals surface area contributed by atoms with Crippen LogP contribution in [0.1, 0.15) is 46.6 Å². The standard InChI is InChI=1S/C28H26F2N6O3/c1-4-17-23-14-18(26(37)32-27-31-16-35(5-2)34-27)24(39-3)15-36(23)33-25(17)28(38,19-10-6-8-12-21(19)29)20-11-7-9-13-22(20)30/h6-16,38H,4-5H2,1-3H3,(H,32,34,37). The summed E-state index contributed by atoms with van der Waals surface area (Å²) in [7, 11) is 1.40. The Morgan fingerprint density at radius 1 is 1.05 bits per heavy atom. The number of carbonyl (C=O) groups excluding carboxylic acids is 1. The monoisotopic (exact) mass is 532 g/mol. The Labute approximate surface area is 222 Å². The quantitative estimate of drug-likeness (QED) is 0.308. The van der Waals surface area contributed by atoms with Gasteiger partial charge < -0.3 is 9.84 Å². The molecule has 11 heteroatoms. The van der Waals surface area contributed by atoms with Crippen molar-refractivity contribution in [3.05, 3.63) is 107 Å². The number of nitrogens with zero attached hydrogens (tertiary/aromatic N) is 5. The van der Waals surface area contributed by atoms with Gasteiger partial charge in [-0.25, -0.2) is 18.3 Å². The van der Waals surface area contributed by atoms with E-state index in [-0.39, 0.29) is 34.1 Å². The van der Waals surface area contributed by atoms with Crippen molar-refractivity contribution in [2.75, 3.05) is 12.4 Å². The van der Waals surface area contributed by atoms with Gasteiger partial charge in [0.2, 0.25) is 5.95 Å². The highest BCUT2D eigenvalue weighted by atomic mass is 19.1. The van der Waals surface area contributed by atoms with Gasteiger partial charge in [0.1, 0.15) is 29.4 Å². The first-order valence-electron chi connectivity index (χ1n) is 12.3. The van der Waals surface area contributed by atoms with E-state index in [9.17, 15) is 9.90 Å². The highest BCUT2D eigenvalue weighted by molar-refractivity contribution is 6.06. The molecule has 0 spiro atoms. The van der Waals surface area contributed by atoms with Crippen LogP contribution in [0.4, 0.5) is 14.7 Å². The van der Waals surface area contributed by atoms with Gasteiger partial charge in [-0.15, -0.1) is 5.10 Å². The summed E-state index contributed by atoms with van der Waals surface area (Å²) in [4.78, 5) is 17.3. The van der Waals surface area contributed by atoms with E-state index in [1.54, 1.807) is 22.9 Å². The molecule has 5 aromatic rings. The van der Waals surface area contributed by atoms with Gasteiger partial charge in [-0.1, -0.05) is 43.3 Å². The molecule has 0 aliphatic rings. The molecule has 200 valence electrons. The molecular formula is C28H26F2N6O3. The lowest BCUT2D eigenvalue weighted by molar-refractivity contribution is 0.102. The Bertz CT molecular complexity index is 1630. The fourth-order valence-corrected chi connectivity index (χ4v) is 4.68. The highest BCUT2D eigenvalue weighted by Crippen LogP contribution is 2.41. The number of carbonyl (C=O) groups is 1. The molecule has 0 bridgehead atoms. The fraction of sp³-hybridized carbons (Fsp3) is 0.214. The Hall–Kier alpha value is -4.64. The van der Waals surface area contributed by atoms with Crippen molar-refractivity contribution >= 4 is 17.4 Å². The molecule has 0 aliphatic heterocycles. The summed E-state index contributed by atoms with van der Waals surface area (Å²) in [6.07, 6.45) is 3.31. The van der Waals surface area contributed by atoms with E-state index < -0.39 is 23.1 Å². The number of rotatable bonds is 8. The Morgan fingerprint density at radius 2 is 1.69 bits per heavy atom. The van der Waals surface area contributed by atoms with Crippen LogP contribution >= 0.6 is 0 Å². The van der Waals surface area contributed by atoms with Crippen LogP contribution in [0.15, 0.2) is 67.1 Å². The van der Waals surface area contributed by atoms with Crippen molar-refractivity contribution in [1.82, 2.24) is 24.4 Å². The predicted octanol–water partition coefficient (Wildman–Crippen LogP) is 4.33. The van der Waals surface area contributed by atoms with E-state index in [4.69, 9.17) is 4.74 Å². The SMILES string of the molecule is CCc1c(C(O)(c2ccccc2F)c2ccccc2F)nn2cc(OC)c(C(=O)Nc3ncn(CC)n3)cc12. The van der Waals surface area contributed by atoms with Crippen LogP contribution in [0.25, 0.3) is 5.52 Å². The lowest BCUT2D eigenvalue weighted by Crippen LogP contribution is -2.33. The number of aromatic nitrogens is 5. The Balaban J connectivity index is 1.72. The second-order valence-electron chi connectivity index (χ2n) is 8.81. The maximum Gasteiger partial charge on any atom is 0.261 e. The zero-order valence-electron chi connectivity index (χ0n) is 21.5. The molecule has 39 heavy (non-hydrogen) atoms. The van der Waals surface area contributed by atoms with Crippen molar-refractivity contribution in [2.45, 2.75) is 32.4 Å². The summed E-state index contributed by atoms with van der Waals surface area (Å²) >= 11 is 0. The van der Waals surface area contributed by atoms with Gasteiger partial charge in [0.25, 0.3) is 5.91 Å². The van der Waals surface area contributed by atoms with Crippen LogP contribution in [-0.4, -0.2) is 42.5 Å². The molecule has 0 fully saturated rings. The summed E-state index contributed by atoms with van der Waals surface area (Å²) in [5.41, 5.74) is -1.44. The van der Waals surface area contributed by atoms with Crippen LogP contribution in [0.3, 0.4) is 0 Å². The van der Waals surface area contributed by atoms with Crippen molar-refractivity contribution in [3.63, 3.8) is 0 Å². The van der Waals surface area contributed by atoms with Crippen LogP contribution in [-0.2, 0) is 18.6 Å². The minimum Gasteiger partial charge on any atom is -0.494 e. The van der Waals surface area contributed by atoms with Crippen molar-refractivity contribution in [3.8, 4) is 5.75 Å². The predicted molar refractivity (Wildman–Crippen MR) is 140 cm³/mol. The molecule has 3 heterocycles. The third-order valence-corrected chi connectivity index (χ3v) is 6.61. The molecule has 2 aromatic carbocycles. The first kappa shape index (κ1) is 26.0. The number of pyridine rings is 1. The van der Waals surface area contributed by atoms with E-state index in [2.05, 4.69) is 20.5 Å². The second kappa shape index (κ2) is 10.3. The maximum atomic E-state index is 15.2. The van der Waals surface area contributed by atoms with E-state index in [0.29, 0.717) is 24.0 Å². The van der Waals surface area contributed by atoms with E-state index in [0.717, 1.165) is 0 Å². The van der Waals surface area contributed by atoms with Gasteiger partial charge >= 0.3 is 0 Å². The third kappa shape index (κ3) is 4.40. The molecular weight excluding hydrogens is 506 g/mol. The number of aliphatic hydroxyl groups is 1. The summed E-state index contributed by atoms with van der Waals surface area (Å²) < 4.78 is 38.9. The summed E-state index contributed by atoms with van der Waals surface area (Å²) in [6.45, 7) is 4.31. The van der Waals surface area contributed by atoms with E-state index in [1.165, 1.54) is 60.5 Å². The third-order valence-electron chi connectivity index (χ3n) is 6.61. The average Bonchev–Trinajstić information content (AvgIpc) is 3.56. The van der Waals surface area contributed by atoms with Gasteiger partial charge in [-0.3, -0.25) is 14.8 Å². The highest BCUT2D eigenvalue weighted by Gasteiger charge is 2.43.